The summed E-state index contributed by atoms with van der Waals surface area (Å²) in [6.07, 6.45) is 0. The van der Waals surface area contributed by atoms with E-state index in [1.165, 1.54) is 11.8 Å². The van der Waals surface area contributed by atoms with Crippen LogP contribution in [-0.2, 0) is 12.8 Å². The average molecular weight is 226 g/mol. The van der Waals surface area contributed by atoms with Crippen molar-refractivity contribution in [3.8, 4) is 0 Å². The molecule has 0 aliphatic heterocycles. The highest BCUT2D eigenvalue weighted by molar-refractivity contribution is 7.98. The molecule has 0 bridgehead atoms. The summed E-state index contributed by atoms with van der Waals surface area (Å²) in [4.78, 5) is 4.07. The van der Waals surface area contributed by atoms with Crippen molar-refractivity contribution in [2.45, 2.75) is 17.8 Å². The van der Waals surface area contributed by atoms with Crippen LogP contribution in [0.5, 0.6) is 0 Å². The molecular weight excluding hydrogens is 216 g/mol. The Morgan fingerprint density at radius 1 is 1.47 bits per heavy atom. The number of aryl methyl sites for hydroxylation is 1. The monoisotopic (exact) mass is 226 g/mol. The van der Waals surface area contributed by atoms with Crippen LogP contribution in [0, 0.1) is 6.92 Å². The molecule has 0 spiro atoms. The fraction of sp³-hybridized carbons (Fsp3) is 0.429. The summed E-state index contributed by atoms with van der Waals surface area (Å²) in [7, 11) is 1.80. The van der Waals surface area contributed by atoms with Crippen LogP contribution >= 0.6 is 11.8 Å². The first-order valence-corrected chi connectivity index (χ1v) is 5.22. The van der Waals surface area contributed by atoms with Crippen molar-refractivity contribution in [3.05, 3.63) is 11.7 Å². The van der Waals surface area contributed by atoms with E-state index in [0.717, 1.165) is 5.16 Å². The van der Waals surface area contributed by atoms with Gasteiger partial charge in [-0.2, -0.15) is 4.98 Å². The second kappa shape index (κ2) is 3.89. The van der Waals surface area contributed by atoms with E-state index in [0.29, 0.717) is 23.4 Å². The first kappa shape index (κ1) is 9.97. The Morgan fingerprint density at radius 2 is 2.27 bits per heavy atom. The Hall–Kier alpha value is -1.57. The Morgan fingerprint density at radius 3 is 2.80 bits per heavy atom. The minimum Gasteiger partial charge on any atom is -0.368 e. The summed E-state index contributed by atoms with van der Waals surface area (Å²) in [5.74, 6) is 2.15. The van der Waals surface area contributed by atoms with Crippen LogP contribution in [-0.4, -0.2) is 24.9 Å². The van der Waals surface area contributed by atoms with Crippen molar-refractivity contribution in [2.75, 3.05) is 5.73 Å². The summed E-state index contributed by atoms with van der Waals surface area (Å²) in [5.41, 5.74) is 5.54. The molecule has 8 heteroatoms. The van der Waals surface area contributed by atoms with E-state index < -0.39 is 0 Å². The van der Waals surface area contributed by atoms with Crippen molar-refractivity contribution in [3.63, 3.8) is 0 Å². The van der Waals surface area contributed by atoms with E-state index in [1.807, 2.05) is 0 Å². The van der Waals surface area contributed by atoms with E-state index >= 15 is 0 Å². The van der Waals surface area contributed by atoms with Crippen LogP contribution in [0.25, 0.3) is 0 Å². The van der Waals surface area contributed by atoms with Crippen LogP contribution in [0.3, 0.4) is 0 Å². The highest BCUT2D eigenvalue weighted by Crippen LogP contribution is 2.20. The van der Waals surface area contributed by atoms with Crippen molar-refractivity contribution in [1.29, 1.82) is 0 Å². The fourth-order valence-electron chi connectivity index (χ4n) is 0.977. The lowest BCUT2D eigenvalue weighted by molar-refractivity contribution is 0.387. The Balaban J connectivity index is 2.02. The van der Waals surface area contributed by atoms with E-state index in [4.69, 9.17) is 10.3 Å². The van der Waals surface area contributed by atoms with Crippen molar-refractivity contribution in [1.82, 2.24) is 24.9 Å². The number of anilines is 1. The summed E-state index contributed by atoms with van der Waals surface area (Å²) in [6, 6.07) is 0. The first-order valence-electron chi connectivity index (χ1n) is 4.23. The average Bonchev–Trinajstić information content (AvgIpc) is 2.74. The van der Waals surface area contributed by atoms with Crippen LogP contribution < -0.4 is 5.73 Å². The summed E-state index contributed by atoms with van der Waals surface area (Å²) < 4.78 is 6.66. The molecule has 2 heterocycles. The fourth-order valence-corrected chi connectivity index (χ4v) is 1.73. The highest BCUT2D eigenvalue weighted by Gasteiger charge is 2.09. The summed E-state index contributed by atoms with van der Waals surface area (Å²) in [5, 5.41) is 12.1. The van der Waals surface area contributed by atoms with E-state index in [9.17, 15) is 0 Å². The van der Waals surface area contributed by atoms with Gasteiger partial charge in [-0.1, -0.05) is 16.9 Å². The maximum absolute atomic E-state index is 5.54. The number of rotatable bonds is 3. The van der Waals surface area contributed by atoms with E-state index in [1.54, 1.807) is 18.5 Å². The maximum atomic E-state index is 5.54. The normalized spacial score (nSPS) is 10.8. The van der Waals surface area contributed by atoms with Gasteiger partial charge in [-0.25, -0.2) is 0 Å². The van der Waals surface area contributed by atoms with Gasteiger partial charge in [0.05, 0.1) is 5.75 Å². The quantitative estimate of drug-likeness (QED) is 0.756. The number of nitrogens with two attached hydrogens (primary N) is 1. The smallest absolute Gasteiger partial charge is 0.237 e. The largest absolute Gasteiger partial charge is 0.368 e. The molecule has 0 aromatic carbocycles. The zero-order valence-corrected chi connectivity index (χ0v) is 9.15. The van der Waals surface area contributed by atoms with Crippen LogP contribution in [0.2, 0.25) is 0 Å². The standard InChI is InChI=1S/C7H10N6OS/c1-4-9-5(14-12-4)3-15-7-11-10-6(8)13(7)2/h3H2,1-2H3,(H2,8,10). The molecular formula is C7H10N6OS. The van der Waals surface area contributed by atoms with Crippen LogP contribution in [0.4, 0.5) is 5.95 Å². The third-order valence-corrected chi connectivity index (χ3v) is 2.77. The van der Waals surface area contributed by atoms with Gasteiger partial charge in [-0.15, -0.1) is 10.2 Å². The van der Waals surface area contributed by atoms with Gasteiger partial charge in [-0.3, -0.25) is 4.57 Å². The molecule has 2 N–H and O–H groups in total. The molecule has 0 unspecified atom stereocenters. The number of nitrogens with zero attached hydrogens (tertiary/aromatic N) is 5. The van der Waals surface area contributed by atoms with Crippen molar-refractivity contribution in [2.24, 2.45) is 7.05 Å². The van der Waals surface area contributed by atoms with E-state index in [-0.39, 0.29) is 0 Å². The van der Waals surface area contributed by atoms with Gasteiger partial charge >= 0.3 is 0 Å². The molecule has 0 saturated heterocycles. The lowest BCUT2D eigenvalue weighted by Crippen LogP contribution is -1.98. The third kappa shape index (κ3) is 2.09. The Labute approximate surface area is 90.1 Å². The Kier molecular flexibility index (Phi) is 2.58. The predicted molar refractivity (Wildman–Crippen MR) is 54.0 cm³/mol. The molecule has 0 atom stereocenters. The minimum atomic E-state index is 0.388. The van der Waals surface area contributed by atoms with Gasteiger partial charge in [0.1, 0.15) is 0 Å². The van der Waals surface area contributed by atoms with Crippen LogP contribution in [0.1, 0.15) is 11.7 Å². The maximum Gasteiger partial charge on any atom is 0.237 e. The first-order chi connectivity index (χ1) is 7.16. The molecule has 0 radical (unpaired) electrons. The Bertz CT molecular complexity index is 464. The number of aromatic nitrogens is 5. The summed E-state index contributed by atoms with van der Waals surface area (Å²) in [6.45, 7) is 1.78. The third-order valence-electron chi connectivity index (χ3n) is 1.76. The lowest BCUT2D eigenvalue weighted by Gasteiger charge is -1.97. The van der Waals surface area contributed by atoms with Gasteiger partial charge in [0.25, 0.3) is 0 Å². The molecule has 2 aromatic heterocycles. The highest BCUT2D eigenvalue weighted by atomic mass is 32.2. The molecule has 0 aliphatic rings. The molecule has 2 aromatic rings. The predicted octanol–water partition coefficient (Wildman–Crippen LogP) is 0.381. The second-order valence-corrected chi connectivity index (χ2v) is 3.87. The van der Waals surface area contributed by atoms with Crippen molar-refractivity contribution >= 4 is 17.7 Å². The molecule has 2 rings (SSSR count). The SMILES string of the molecule is Cc1noc(CSc2nnc(N)n2C)n1. The lowest BCUT2D eigenvalue weighted by atomic mass is 10.7. The molecule has 7 nitrogen and oxygen atoms in total. The van der Waals surface area contributed by atoms with Crippen molar-refractivity contribution < 1.29 is 4.52 Å². The molecule has 0 saturated carbocycles. The van der Waals surface area contributed by atoms with Crippen LogP contribution in [0.15, 0.2) is 9.68 Å². The minimum absolute atomic E-state index is 0.388. The zero-order valence-electron chi connectivity index (χ0n) is 8.34. The van der Waals surface area contributed by atoms with Gasteiger partial charge in [0.2, 0.25) is 11.8 Å². The zero-order chi connectivity index (χ0) is 10.8. The van der Waals surface area contributed by atoms with Gasteiger partial charge in [-0.05, 0) is 6.92 Å². The number of hydrogen-bond acceptors (Lipinski definition) is 7. The topological polar surface area (TPSA) is 95.6 Å². The molecule has 0 fully saturated rings. The molecule has 80 valence electrons. The van der Waals surface area contributed by atoms with Gasteiger partial charge in [0, 0.05) is 7.05 Å². The molecule has 15 heavy (non-hydrogen) atoms. The second-order valence-electron chi connectivity index (χ2n) is 2.92. The summed E-state index contributed by atoms with van der Waals surface area (Å²) >= 11 is 1.45. The van der Waals surface area contributed by atoms with E-state index in [2.05, 4.69) is 20.3 Å². The molecule has 0 amide bonds. The van der Waals surface area contributed by atoms with Gasteiger partial charge < -0.3 is 10.3 Å². The number of thioether (sulfide) groups is 1. The molecule has 0 aliphatic carbocycles. The number of hydrogen-bond donors (Lipinski definition) is 1. The number of nitrogen functional groups attached to an aromatic ring is 1. The van der Waals surface area contributed by atoms with Gasteiger partial charge in [0.15, 0.2) is 11.0 Å².